The molecule has 0 saturated carbocycles. The fourth-order valence-corrected chi connectivity index (χ4v) is 4.92. The molecule has 10 heteroatoms. The van der Waals surface area contributed by atoms with Gasteiger partial charge >= 0.3 is 12.1 Å². The van der Waals surface area contributed by atoms with Gasteiger partial charge in [-0.25, -0.2) is 0 Å². The number of hydrogen-bond acceptors (Lipinski definition) is 6. The molecule has 0 saturated heterocycles. The summed E-state index contributed by atoms with van der Waals surface area (Å²) in [4.78, 5) is 27.2. The van der Waals surface area contributed by atoms with Crippen molar-refractivity contribution < 1.29 is 37.0 Å². The Labute approximate surface area is 206 Å². The first-order chi connectivity index (χ1) is 16.9. The first-order valence-corrected chi connectivity index (χ1v) is 11.2. The number of anilines is 2. The summed E-state index contributed by atoms with van der Waals surface area (Å²) in [6, 6.07) is 7.73. The van der Waals surface area contributed by atoms with Gasteiger partial charge in [-0.3, -0.25) is 14.5 Å². The van der Waals surface area contributed by atoms with E-state index < -0.39 is 23.5 Å². The monoisotopic (exact) mass is 504 g/mol. The fourth-order valence-electron chi connectivity index (χ4n) is 4.92. The summed E-state index contributed by atoms with van der Waals surface area (Å²) in [6.45, 7) is 3.83. The van der Waals surface area contributed by atoms with Gasteiger partial charge in [-0.2, -0.15) is 13.2 Å². The second kappa shape index (κ2) is 9.07. The molecule has 0 spiro atoms. The van der Waals surface area contributed by atoms with E-state index >= 15 is 0 Å². The number of carbonyl (C=O) groups is 2. The summed E-state index contributed by atoms with van der Waals surface area (Å²) >= 11 is 0. The number of benzene rings is 2. The molecular weight excluding hydrogens is 477 g/mol. The Hall–Kier alpha value is -3.69. The van der Waals surface area contributed by atoms with Crippen molar-refractivity contribution in [3.8, 4) is 17.2 Å². The van der Waals surface area contributed by atoms with Crippen LogP contribution in [0.2, 0.25) is 0 Å². The summed E-state index contributed by atoms with van der Waals surface area (Å²) in [6.07, 6.45) is -4.69. The highest BCUT2D eigenvalue weighted by molar-refractivity contribution is 6.07. The molecule has 192 valence electrons. The van der Waals surface area contributed by atoms with E-state index in [9.17, 15) is 22.8 Å². The smallest absolute Gasteiger partial charge is 0.471 e. The standard InChI is InChI=1S/C26H27F3N2O5/c1-25(2)12-16-21(18(32)13-25)22(14-10-19(34-3)23(36-5)20(11-14)35-4)31(24(33)26(27,28)29)17-9-7-6-8-15(17)30-16/h6-11,22,30H,12-13H2,1-5H3. The van der Waals surface area contributed by atoms with Crippen molar-refractivity contribution in [3.05, 3.63) is 53.2 Å². The Kier molecular flexibility index (Phi) is 6.40. The van der Waals surface area contributed by atoms with Crippen LogP contribution in [0.25, 0.3) is 0 Å². The van der Waals surface area contributed by atoms with Crippen molar-refractivity contribution in [2.24, 2.45) is 5.41 Å². The van der Waals surface area contributed by atoms with Crippen LogP contribution in [0, 0.1) is 5.41 Å². The Bertz CT molecular complexity index is 1230. The Morgan fingerprint density at radius 3 is 2.19 bits per heavy atom. The number of carbonyl (C=O) groups excluding carboxylic acids is 2. The van der Waals surface area contributed by atoms with Crippen LogP contribution in [0.3, 0.4) is 0 Å². The van der Waals surface area contributed by atoms with Crippen LogP contribution in [0.15, 0.2) is 47.7 Å². The van der Waals surface area contributed by atoms with Crippen molar-refractivity contribution in [2.45, 2.75) is 38.9 Å². The molecule has 2 aliphatic rings. The van der Waals surface area contributed by atoms with Gasteiger partial charge in [0.05, 0.1) is 38.7 Å². The van der Waals surface area contributed by atoms with Crippen molar-refractivity contribution in [1.82, 2.24) is 0 Å². The SMILES string of the molecule is COc1cc(C2C3=C(CC(C)(C)CC3=O)Nc3ccccc3N2C(=O)C(F)(F)F)cc(OC)c1OC. The molecule has 0 radical (unpaired) electrons. The first-order valence-electron chi connectivity index (χ1n) is 11.2. The van der Waals surface area contributed by atoms with E-state index in [0.29, 0.717) is 22.7 Å². The van der Waals surface area contributed by atoms with Gasteiger partial charge in [0.25, 0.3) is 0 Å². The van der Waals surface area contributed by atoms with Crippen LogP contribution < -0.4 is 24.4 Å². The maximum Gasteiger partial charge on any atom is 0.471 e. The Morgan fingerprint density at radius 1 is 1.03 bits per heavy atom. The molecule has 7 nitrogen and oxygen atoms in total. The molecule has 1 atom stereocenters. The molecule has 0 aromatic heterocycles. The number of nitrogens with one attached hydrogen (secondary N) is 1. The van der Waals surface area contributed by atoms with Gasteiger partial charge in [0, 0.05) is 17.7 Å². The van der Waals surface area contributed by atoms with Crippen LogP contribution in [-0.2, 0) is 9.59 Å². The molecule has 0 bridgehead atoms. The molecule has 4 rings (SSSR count). The maximum absolute atomic E-state index is 14.0. The van der Waals surface area contributed by atoms with Gasteiger partial charge in [-0.1, -0.05) is 26.0 Å². The highest BCUT2D eigenvalue weighted by atomic mass is 19.4. The minimum Gasteiger partial charge on any atom is -0.493 e. The third kappa shape index (κ3) is 4.36. The number of nitrogens with zero attached hydrogens (tertiary/aromatic N) is 1. The first kappa shape index (κ1) is 25.4. The molecular formula is C26H27F3N2O5. The number of amides is 1. The Balaban J connectivity index is 2.09. The third-order valence-electron chi connectivity index (χ3n) is 6.36. The summed E-state index contributed by atoms with van der Waals surface area (Å²) < 4.78 is 58.3. The van der Waals surface area contributed by atoms with E-state index in [0.717, 1.165) is 0 Å². The zero-order valence-electron chi connectivity index (χ0n) is 20.6. The summed E-state index contributed by atoms with van der Waals surface area (Å²) in [7, 11) is 4.16. The van der Waals surface area contributed by atoms with E-state index in [-0.39, 0.29) is 46.3 Å². The lowest BCUT2D eigenvalue weighted by atomic mass is 9.73. The molecule has 1 aliphatic heterocycles. The molecule has 2 aromatic rings. The molecule has 1 unspecified atom stereocenters. The second-order valence-corrected chi connectivity index (χ2v) is 9.51. The van der Waals surface area contributed by atoms with Gasteiger partial charge in [0.15, 0.2) is 17.3 Å². The number of ketones is 1. The number of Topliss-reactive ketones (excluding diaryl/α,β-unsaturated/α-hetero) is 1. The van der Waals surface area contributed by atoms with Gasteiger partial charge in [0.2, 0.25) is 5.75 Å². The van der Waals surface area contributed by atoms with Crippen LogP contribution in [-0.4, -0.2) is 39.2 Å². The number of allylic oxidation sites excluding steroid dienone is 1. The van der Waals surface area contributed by atoms with Gasteiger partial charge in [-0.15, -0.1) is 0 Å². The van der Waals surface area contributed by atoms with E-state index in [2.05, 4.69) is 5.32 Å². The van der Waals surface area contributed by atoms with E-state index in [1.807, 2.05) is 13.8 Å². The molecule has 2 aromatic carbocycles. The summed E-state index contributed by atoms with van der Waals surface area (Å²) in [5.41, 5.74) is 0.640. The molecule has 1 aliphatic carbocycles. The number of rotatable bonds is 4. The lowest BCUT2D eigenvalue weighted by Crippen LogP contribution is -2.45. The fraction of sp³-hybridized carbons (Fsp3) is 0.385. The quantitative estimate of drug-likeness (QED) is 0.600. The highest BCUT2D eigenvalue weighted by Gasteiger charge is 2.50. The molecule has 1 heterocycles. The lowest BCUT2D eigenvalue weighted by Gasteiger charge is -2.37. The minimum atomic E-state index is -5.20. The average Bonchev–Trinajstić information content (AvgIpc) is 2.95. The normalized spacial score (nSPS) is 19.1. The molecule has 0 fully saturated rings. The number of ether oxygens (including phenoxy) is 3. The third-order valence-corrected chi connectivity index (χ3v) is 6.36. The molecule has 1 amide bonds. The Morgan fingerprint density at radius 2 is 1.64 bits per heavy atom. The topological polar surface area (TPSA) is 77.1 Å². The number of halogens is 3. The van der Waals surface area contributed by atoms with Crippen molar-refractivity contribution >= 4 is 23.1 Å². The van der Waals surface area contributed by atoms with Gasteiger partial charge in [-0.05, 0) is 41.7 Å². The van der Waals surface area contributed by atoms with Gasteiger partial charge < -0.3 is 19.5 Å². The van der Waals surface area contributed by atoms with Gasteiger partial charge in [0.1, 0.15) is 0 Å². The van der Waals surface area contributed by atoms with E-state index in [1.54, 1.807) is 18.2 Å². The highest BCUT2D eigenvalue weighted by Crippen LogP contribution is 2.51. The average molecular weight is 505 g/mol. The number of fused-ring (bicyclic) bond motifs is 1. The van der Waals surface area contributed by atoms with E-state index in [4.69, 9.17) is 14.2 Å². The summed E-state index contributed by atoms with van der Waals surface area (Å²) in [5, 5.41) is 3.17. The summed E-state index contributed by atoms with van der Waals surface area (Å²) in [5.74, 6) is -1.85. The number of para-hydroxylation sites is 2. The number of hydrogen-bond donors (Lipinski definition) is 1. The predicted octanol–water partition coefficient (Wildman–Crippen LogP) is 5.42. The zero-order valence-corrected chi connectivity index (χ0v) is 20.6. The maximum atomic E-state index is 14.0. The molecule has 36 heavy (non-hydrogen) atoms. The van der Waals surface area contributed by atoms with E-state index in [1.165, 1.54) is 39.5 Å². The number of methoxy groups -OCH3 is 3. The van der Waals surface area contributed by atoms with Crippen LogP contribution >= 0.6 is 0 Å². The second-order valence-electron chi connectivity index (χ2n) is 9.51. The van der Waals surface area contributed by atoms with Crippen LogP contribution in [0.5, 0.6) is 17.2 Å². The lowest BCUT2D eigenvalue weighted by molar-refractivity contribution is -0.170. The zero-order chi connectivity index (χ0) is 26.4. The number of alkyl halides is 3. The van der Waals surface area contributed by atoms with Crippen LogP contribution in [0.1, 0.15) is 38.3 Å². The molecule has 1 N–H and O–H groups in total. The minimum absolute atomic E-state index is 0.00131. The van der Waals surface area contributed by atoms with Crippen LogP contribution in [0.4, 0.5) is 24.5 Å². The van der Waals surface area contributed by atoms with Crippen molar-refractivity contribution in [2.75, 3.05) is 31.5 Å². The van der Waals surface area contributed by atoms with Crippen molar-refractivity contribution in [3.63, 3.8) is 0 Å². The predicted molar refractivity (Wildman–Crippen MR) is 127 cm³/mol. The largest absolute Gasteiger partial charge is 0.493 e. The van der Waals surface area contributed by atoms with Crippen molar-refractivity contribution in [1.29, 1.82) is 0 Å².